The van der Waals surface area contributed by atoms with Gasteiger partial charge in [0.1, 0.15) is 6.04 Å². The Morgan fingerprint density at radius 1 is 1.26 bits per heavy atom. The molecule has 2 aromatic rings. The molecule has 7 heteroatoms. The predicted molar refractivity (Wildman–Crippen MR) is 101 cm³/mol. The number of esters is 1. The molecule has 140 valence electrons. The fourth-order valence-electron chi connectivity index (χ4n) is 3.14. The van der Waals surface area contributed by atoms with E-state index in [9.17, 15) is 14.6 Å². The number of nitrogens with one attached hydrogen (secondary N) is 1. The highest BCUT2D eigenvalue weighted by atomic mass is 16.5. The molecule has 1 aliphatic heterocycles. The summed E-state index contributed by atoms with van der Waals surface area (Å²) in [5, 5.41) is 12.5. The van der Waals surface area contributed by atoms with Crippen LogP contribution in [0.25, 0.3) is 0 Å². The molecule has 6 nitrogen and oxygen atoms in total. The van der Waals surface area contributed by atoms with E-state index in [0.29, 0.717) is 24.1 Å². The molecule has 0 unspecified atom stereocenters. The molecule has 0 aliphatic carbocycles. The summed E-state index contributed by atoms with van der Waals surface area (Å²) in [5.41, 5.74) is 2.99. The first-order chi connectivity index (χ1) is 13.1. The molecule has 0 radical (unpaired) electrons. The van der Waals surface area contributed by atoms with Crippen LogP contribution < -0.4 is 10.8 Å². The minimum atomic E-state index is -1.02. The molecule has 1 aliphatic rings. The van der Waals surface area contributed by atoms with Crippen LogP contribution in [0.1, 0.15) is 34.3 Å². The van der Waals surface area contributed by atoms with Crippen LogP contribution >= 0.6 is 0 Å². The zero-order valence-electron chi connectivity index (χ0n) is 15.2. The van der Waals surface area contributed by atoms with Gasteiger partial charge in [0.25, 0.3) is 5.91 Å². The second-order valence-electron chi connectivity index (χ2n) is 6.50. The third kappa shape index (κ3) is 4.75. The molecule has 2 aromatic carbocycles. The number of aryl methyl sites for hydroxylation is 1. The monoisotopic (exact) mass is 367 g/mol. The summed E-state index contributed by atoms with van der Waals surface area (Å²) < 4.78 is 9.97. The summed E-state index contributed by atoms with van der Waals surface area (Å²) in [4.78, 5) is 24.6. The number of hydrogen-bond donors (Lipinski definition) is 2. The molecule has 3 rings (SSSR count). The maximum Gasteiger partial charge on any atom is 0.491 e. The van der Waals surface area contributed by atoms with Crippen LogP contribution in [0, 0.1) is 0 Å². The maximum atomic E-state index is 12.6. The van der Waals surface area contributed by atoms with Crippen LogP contribution in [0.15, 0.2) is 48.5 Å². The van der Waals surface area contributed by atoms with Gasteiger partial charge < -0.3 is 19.7 Å². The Morgan fingerprint density at radius 2 is 2.04 bits per heavy atom. The van der Waals surface area contributed by atoms with Gasteiger partial charge in [0.05, 0.1) is 13.7 Å². The van der Waals surface area contributed by atoms with E-state index < -0.39 is 19.1 Å². The summed E-state index contributed by atoms with van der Waals surface area (Å²) in [6.45, 7) is 0.322. The average molecular weight is 367 g/mol. The van der Waals surface area contributed by atoms with E-state index in [2.05, 4.69) is 5.32 Å². The Labute approximate surface area is 158 Å². The molecule has 27 heavy (non-hydrogen) atoms. The van der Waals surface area contributed by atoms with Crippen molar-refractivity contribution in [2.24, 2.45) is 0 Å². The van der Waals surface area contributed by atoms with Gasteiger partial charge in [-0.25, -0.2) is 4.79 Å². The van der Waals surface area contributed by atoms with Crippen molar-refractivity contribution in [3.05, 3.63) is 65.2 Å². The van der Waals surface area contributed by atoms with Crippen LogP contribution in [0.2, 0.25) is 0 Å². The number of rotatable bonds is 7. The van der Waals surface area contributed by atoms with E-state index in [1.807, 2.05) is 30.3 Å². The Hall–Kier alpha value is -2.64. The van der Waals surface area contributed by atoms with Crippen molar-refractivity contribution in [1.82, 2.24) is 5.32 Å². The molecule has 0 bridgehead atoms. The average Bonchev–Trinajstić information content (AvgIpc) is 3.07. The van der Waals surface area contributed by atoms with E-state index >= 15 is 0 Å². The van der Waals surface area contributed by atoms with E-state index in [1.54, 1.807) is 18.2 Å². The van der Waals surface area contributed by atoms with Crippen molar-refractivity contribution in [2.45, 2.75) is 31.9 Å². The topological polar surface area (TPSA) is 84.9 Å². The zero-order chi connectivity index (χ0) is 19.2. The number of benzene rings is 2. The lowest BCUT2D eigenvalue weighted by atomic mass is 9.78. The molecule has 0 saturated heterocycles. The van der Waals surface area contributed by atoms with Gasteiger partial charge in [0.15, 0.2) is 0 Å². The molecule has 0 fully saturated rings. The lowest BCUT2D eigenvalue weighted by Crippen LogP contribution is -2.42. The molecular formula is C20H22BNO5. The summed E-state index contributed by atoms with van der Waals surface area (Å²) in [5.74, 6) is -0.854. The number of methoxy groups -OCH3 is 1. The number of hydrogen-bond acceptors (Lipinski definition) is 5. The molecular weight excluding hydrogens is 345 g/mol. The normalized spacial score (nSPS) is 13.8. The first-order valence-corrected chi connectivity index (χ1v) is 8.93. The third-order valence-electron chi connectivity index (χ3n) is 4.66. The van der Waals surface area contributed by atoms with Crippen molar-refractivity contribution in [1.29, 1.82) is 0 Å². The molecule has 2 N–H and O–H groups in total. The summed E-state index contributed by atoms with van der Waals surface area (Å²) in [6.07, 6.45) is 2.03. The number of amides is 1. The van der Waals surface area contributed by atoms with Crippen LogP contribution in [0.5, 0.6) is 0 Å². The Morgan fingerprint density at radius 3 is 2.78 bits per heavy atom. The first-order valence-electron chi connectivity index (χ1n) is 8.93. The van der Waals surface area contributed by atoms with Crippen molar-refractivity contribution < 1.29 is 24.0 Å². The number of carbonyl (C=O) groups excluding carboxylic acids is 2. The fraction of sp³-hybridized carbons (Fsp3) is 0.300. The van der Waals surface area contributed by atoms with Crippen molar-refractivity contribution in [3.8, 4) is 0 Å². The fourth-order valence-corrected chi connectivity index (χ4v) is 3.14. The van der Waals surface area contributed by atoms with Gasteiger partial charge in [-0.15, -0.1) is 0 Å². The predicted octanol–water partition coefficient (Wildman–Crippen LogP) is 1.20. The van der Waals surface area contributed by atoms with Gasteiger partial charge >= 0.3 is 13.1 Å². The minimum Gasteiger partial charge on any atom is -0.467 e. The van der Waals surface area contributed by atoms with Crippen molar-refractivity contribution in [2.75, 3.05) is 7.11 Å². The second kappa shape index (κ2) is 8.84. The van der Waals surface area contributed by atoms with E-state index in [-0.39, 0.29) is 5.91 Å². The lowest BCUT2D eigenvalue weighted by molar-refractivity contribution is -0.143. The van der Waals surface area contributed by atoms with E-state index in [0.717, 1.165) is 18.4 Å². The van der Waals surface area contributed by atoms with E-state index in [1.165, 1.54) is 12.7 Å². The minimum absolute atomic E-state index is 0.322. The largest absolute Gasteiger partial charge is 0.491 e. The Kier molecular flexibility index (Phi) is 6.26. The van der Waals surface area contributed by atoms with Crippen LogP contribution in [-0.2, 0) is 27.2 Å². The highest BCUT2D eigenvalue weighted by Gasteiger charge is 2.29. The third-order valence-corrected chi connectivity index (χ3v) is 4.66. The number of fused-ring (bicyclic) bond motifs is 1. The van der Waals surface area contributed by atoms with Crippen LogP contribution in [0.4, 0.5) is 0 Å². The van der Waals surface area contributed by atoms with Gasteiger partial charge in [-0.2, -0.15) is 0 Å². The first kappa shape index (κ1) is 19.1. The molecule has 1 heterocycles. The van der Waals surface area contributed by atoms with Gasteiger partial charge in [-0.1, -0.05) is 36.4 Å². The van der Waals surface area contributed by atoms with Gasteiger partial charge in [0, 0.05) is 5.56 Å². The molecule has 1 atom stereocenters. The summed E-state index contributed by atoms with van der Waals surface area (Å²) >= 11 is 0. The lowest BCUT2D eigenvalue weighted by Gasteiger charge is -2.17. The van der Waals surface area contributed by atoms with E-state index in [4.69, 9.17) is 9.39 Å². The van der Waals surface area contributed by atoms with Crippen molar-refractivity contribution in [3.63, 3.8) is 0 Å². The Bertz CT molecular complexity index is 811. The SMILES string of the molecule is COC(=O)[C@H](CCCc1ccccc1)NC(=O)c1ccc2c(c1)B(O)OC2. The summed E-state index contributed by atoms with van der Waals surface area (Å²) in [6, 6.07) is 14.3. The molecule has 0 saturated carbocycles. The standard InChI is InChI=1S/C20H22BNO5/c1-26-20(24)18(9-5-8-14-6-3-2-4-7-14)22-19(23)15-10-11-16-13-27-21(25)17(16)12-15/h2-4,6-7,10-12,18,25H,5,8-9,13H2,1H3,(H,22,23)/t18-/m0/s1. The quantitative estimate of drug-likeness (QED) is 0.568. The smallest absolute Gasteiger partial charge is 0.467 e. The van der Waals surface area contributed by atoms with Gasteiger partial charge in [0.2, 0.25) is 0 Å². The van der Waals surface area contributed by atoms with Crippen LogP contribution in [0.3, 0.4) is 0 Å². The van der Waals surface area contributed by atoms with Crippen molar-refractivity contribution >= 4 is 24.5 Å². The zero-order valence-corrected chi connectivity index (χ0v) is 15.2. The maximum absolute atomic E-state index is 12.6. The van der Waals surface area contributed by atoms with Gasteiger partial charge in [-0.05, 0) is 48.0 Å². The molecule has 0 spiro atoms. The van der Waals surface area contributed by atoms with Crippen LogP contribution in [-0.4, -0.2) is 37.2 Å². The number of ether oxygens (including phenoxy) is 1. The Balaban J connectivity index is 1.63. The summed E-state index contributed by atoms with van der Waals surface area (Å²) in [7, 11) is 0.289. The highest BCUT2D eigenvalue weighted by Crippen LogP contribution is 2.13. The molecule has 0 aromatic heterocycles. The number of carbonyl (C=O) groups is 2. The van der Waals surface area contributed by atoms with Gasteiger partial charge in [-0.3, -0.25) is 4.79 Å². The highest BCUT2D eigenvalue weighted by molar-refractivity contribution is 6.61. The second-order valence-corrected chi connectivity index (χ2v) is 6.50. The molecule has 1 amide bonds.